The lowest BCUT2D eigenvalue weighted by Gasteiger charge is -2.30. The molecule has 0 spiro atoms. The number of nitrogens with one attached hydrogen (secondary N) is 1. The van der Waals surface area contributed by atoms with Crippen LogP contribution in [-0.2, 0) is 21.4 Å². The highest BCUT2D eigenvalue weighted by atomic mass is 35.5. The Morgan fingerprint density at radius 1 is 1.29 bits per heavy atom. The predicted molar refractivity (Wildman–Crippen MR) is 107 cm³/mol. The predicted octanol–water partition coefficient (Wildman–Crippen LogP) is 2.83. The van der Waals surface area contributed by atoms with Crippen molar-refractivity contribution in [1.29, 1.82) is 0 Å². The summed E-state index contributed by atoms with van der Waals surface area (Å²) in [6.07, 6.45) is 4.06. The van der Waals surface area contributed by atoms with Crippen molar-refractivity contribution in [1.82, 2.24) is 19.2 Å². The Hall–Kier alpha value is -1.90. The van der Waals surface area contributed by atoms with Crippen LogP contribution in [0.15, 0.2) is 41.8 Å². The van der Waals surface area contributed by atoms with Crippen molar-refractivity contribution in [2.45, 2.75) is 44.3 Å². The van der Waals surface area contributed by atoms with Crippen LogP contribution in [0, 0.1) is 5.92 Å². The van der Waals surface area contributed by atoms with Gasteiger partial charge in [-0.1, -0.05) is 29.8 Å². The van der Waals surface area contributed by atoms with E-state index in [1.807, 2.05) is 32.0 Å². The Balaban J connectivity index is 1.56. The Bertz CT molecular complexity index is 934. The molecule has 0 unspecified atom stereocenters. The molecule has 1 N–H and O–H groups in total. The number of hydrogen-bond acceptors (Lipinski definition) is 4. The number of aromatic nitrogens is 2. The highest BCUT2D eigenvalue weighted by Gasteiger charge is 2.33. The second kappa shape index (κ2) is 8.63. The summed E-state index contributed by atoms with van der Waals surface area (Å²) >= 11 is 6.11. The maximum atomic E-state index is 12.8. The average molecular weight is 425 g/mol. The van der Waals surface area contributed by atoms with Crippen molar-refractivity contribution in [3.63, 3.8) is 0 Å². The fraction of sp³-hybridized carbons (Fsp3) is 0.474. The summed E-state index contributed by atoms with van der Waals surface area (Å²) in [6.45, 7) is 4.90. The Morgan fingerprint density at radius 2 is 1.96 bits per heavy atom. The van der Waals surface area contributed by atoms with Crippen LogP contribution in [0.3, 0.4) is 0 Å². The lowest BCUT2D eigenvalue weighted by Crippen LogP contribution is -2.43. The highest BCUT2D eigenvalue weighted by molar-refractivity contribution is 7.89. The zero-order chi connectivity index (χ0) is 20.3. The van der Waals surface area contributed by atoms with Gasteiger partial charge in [0.25, 0.3) is 10.0 Å². The van der Waals surface area contributed by atoms with Crippen LogP contribution in [0.25, 0.3) is 0 Å². The van der Waals surface area contributed by atoms with Crippen molar-refractivity contribution in [2.24, 2.45) is 5.92 Å². The number of rotatable bonds is 6. The quantitative estimate of drug-likeness (QED) is 0.772. The minimum atomic E-state index is -3.63. The van der Waals surface area contributed by atoms with Crippen molar-refractivity contribution >= 4 is 27.5 Å². The average Bonchev–Trinajstić information content (AvgIpc) is 3.19. The van der Waals surface area contributed by atoms with Crippen LogP contribution < -0.4 is 5.32 Å². The monoisotopic (exact) mass is 424 g/mol. The maximum Gasteiger partial charge on any atom is 0.262 e. The second-order valence-electron chi connectivity index (χ2n) is 7.24. The molecule has 2 aromatic rings. The minimum absolute atomic E-state index is 0.0582. The van der Waals surface area contributed by atoms with E-state index in [1.165, 1.54) is 10.6 Å². The van der Waals surface area contributed by atoms with Gasteiger partial charge in [0, 0.05) is 42.8 Å². The molecule has 1 aliphatic heterocycles. The van der Waals surface area contributed by atoms with E-state index in [1.54, 1.807) is 16.8 Å². The maximum absolute atomic E-state index is 12.8. The minimum Gasteiger partial charge on any atom is -0.352 e. The van der Waals surface area contributed by atoms with Crippen LogP contribution in [0.2, 0.25) is 5.02 Å². The molecule has 1 amide bonds. The van der Waals surface area contributed by atoms with Gasteiger partial charge in [0.15, 0.2) is 5.03 Å². The summed E-state index contributed by atoms with van der Waals surface area (Å²) in [5.41, 5.74) is 0.860. The summed E-state index contributed by atoms with van der Waals surface area (Å²) in [4.78, 5) is 16.5. The molecule has 1 saturated heterocycles. The zero-order valence-electron chi connectivity index (χ0n) is 16.0. The van der Waals surface area contributed by atoms with Gasteiger partial charge in [-0.3, -0.25) is 4.79 Å². The van der Waals surface area contributed by atoms with Crippen molar-refractivity contribution in [3.8, 4) is 0 Å². The zero-order valence-corrected chi connectivity index (χ0v) is 17.6. The molecule has 0 aliphatic carbocycles. The topological polar surface area (TPSA) is 84.3 Å². The molecule has 3 rings (SSSR count). The van der Waals surface area contributed by atoms with E-state index in [0.717, 1.165) is 5.56 Å². The first-order valence-corrected chi connectivity index (χ1v) is 11.2. The molecule has 1 aliphatic rings. The van der Waals surface area contributed by atoms with Crippen LogP contribution in [0.4, 0.5) is 0 Å². The van der Waals surface area contributed by atoms with Gasteiger partial charge in [-0.2, -0.15) is 4.31 Å². The number of piperidine rings is 1. The molecule has 0 saturated carbocycles. The van der Waals surface area contributed by atoms with Crippen LogP contribution in [0.5, 0.6) is 0 Å². The lowest BCUT2D eigenvalue weighted by molar-refractivity contribution is -0.126. The van der Waals surface area contributed by atoms with Crippen molar-refractivity contribution < 1.29 is 13.2 Å². The fourth-order valence-corrected chi connectivity index (χ4v) is 4.79. The van der Waals surface area contributed by atoms with E-state index in [0.29, 0.717) is 37.5 Å². The smallest absolute Gasteiger partial charge is 0.262 e. The van der Waals surface area contributed by atoms with Crippen LogP contribution >= 0.6 is 11.6 Å². The normalized spacial score (nSPS) is 16.4. The standard InChI is InChI=1S/C19H25ClN4O3S/c1-14(2)23-12-18(22-13-23)28(26,27)24-9-7-15(8-10-24)19(25)21-11-16-5-3-4-6-17(16)20/h3-6,12-15H,7-11H2,1-2H3,(H,21,25). The highest BCUT2D eigenvalue weighted by Crippen LogP contribution is 2.24. The molecule has 1 aromatic heterocycles. The van der Waals surface area contributed by atoms with Crippen molar-refractivity contribution in [2.75, 3.05) is 13.1 Å². The lowest BCUT2D eigenvalue weighted by atomic mass is 9.97. The third-order valence-electron chi connectivity index (χ3n) is 5.01. The van der Waals surface area contributed by atoms with Gasteiger partial charge in [0.05, 0.1) is 6.33 Å². The van der Waals surface area contributed by atoms with E-state index >= 15 is 0 Å². The summed E-state index contributed by atoms with van der Waals surface area (Å²) in [7, 11) is -3.63. The first-order valence-electron chi connectivity index (χ1n) is 9.34. The summed E-state index contributed by atoms with van der Waals surface area (Å²) in [5.74, 6) is -0.275. The molecule has 0 atom stereocenters. The van der Waals surface area contributed by atoms with Crippen LogP contribution in [-0.4, -0.2) is 41.3 Å². The van der Waals surface area contributed by atoms with E-state index in [4.69, 9.17) is 11.6 Å². The first kappa shape index (κ1) is 20.8. The van der Waals surface area contributed by atoms with Crippen LogP contribution in [0.1, 0.15) is 38.3 Å². The molecule has 0 bridgehead atoms. The second-order valence-corrected chi connectivity index (χ2v) is 9.53. The largest absolute Gasteiger partial charge is 0.352 e. The third-order valence-corrected chi connectivity index (χ3v) is 7.17. The number of halogens is 1. The first-order chi connectivity index (χ1) is 13.3. The number of amides is 1. The van der Waals surface area contributed by atoms with Crippen molar-refractivity contribution in [3.05, 3.63) is 47.4 Å². The number of benzene rings is 1. The van der Waals surface area contributed by atoms with Gasteiger partial charge in [-0.25, -0.2) is 13.4 Å². The molecule has 28 heavy (non-hydrogen) atoms. The summed E-state index contributed by atoms with van der Waals surface area (Å²) in [6, 6.07) is 7.51. The molecular formula is C19H25ClN4O3S. The summed E-state index contributed by atoms with van der Waals surface area (Å²) < 4.78 is 28.7. The van der Waals surface area contributed by atoms with Gasteiger partial charge in [-0.15, -0.1) is 0 Å². The summed E-state index contributed by atoms with van der Waals surface area (Å²) in [5, 5.41) is 3.58. The molecule has 9 heteroatoms. The van der Waals surface area contributed by atoms with Gasteiger partial charge in [0.1, 0.15) is 0 Å². The van der Waals surface area contributed by atoms with E-state index in [9.17, 15) is 13.2 Å². The van der Waals surface area contributed by atoms with E-state index < -0.39 is 10.0 Å². The Labute approximate surface area is 170 Å². The third kappa shape index (κ3) is 4.56. The van der Waals surface area contributed by atoms with Gasteiger partial charge in [-0.05, 0) is 38.3 Å². The number of sulfonamides is 1. The molecule has 152 valence electrons. The van der Waals surface area contributed by atoms with Gasteiger partial charge in [0.2, 0.25) is 5.91 Å². The molecule has 1 aromatic carbocycles. The number of hydrogen-bond donors (Lipinski definition) is 1. The SMILES string of the molecule is CC(C)n1cnc(S(=O)(=O)N2CCC(C(=O)NCc3ccccc3Cl)CC2)c1. The van der Waals surface area contributed by atoms with Gasteiger partial charge < -0.3 is 9.88 Å². The number of nitrogens with zero attached hydrogens (tertiary/aromatic N) is 3. The molecular weight excluding hydrogens is 400 g/mol. The molecule has 7 nitrogen and oxygen atoms in total. The van der Waals surface area contributed by atoms with E-state index in [-0.39, 0.29) is 22.9 Å². The number of imidazole rings is 1. The number of carbonyl (C=O) groups is 1. The molecule has 0 radical (unpaired) electrons. The fourth-order valence-electron chi connectivity index (χ4n) is 3.19. The molecule has 2 heterocycles. The Morgan fingerprint density at radius 3 is 2.57 bits per heavy atom. The van der Waals surface area contributed by atoms with E-state index in [2.05, 4.69) is 10.3 Å². The molecule has 1 fully saturated rings. The van der Waals surface area contributed by atoms with Gasteiger partial charge >= 0.3 is 0 Å². The Kier molecular flexibility index (Phi) is 6.42. The number of carbonyl (C=O) groups excluding carboxylic acids is 1.